The van der Waals surface area contributed by atoms with Crippen molar-refractivity contribution in [2.75, 3.05) is 0 Å². The van der Waals surface area contributed by atoms with Crippen molar-refractivity contribution in [1.82, 2.24) is 0 Å². The Hall–Kier alpha value is 0.350. The van der Waals surface area contributed by atoms with Gasteiger partial charge in [0.1, 0.15) is 0 Å². The lowest BCUT2D eigenvalue weighted by Gasteiger charge is -1.87. The lowest BCUT2D eigenvalue weighted by Crippen LogP contribution is -1.81. The Morgan fingerprint density at radius 3 is 2.00 bits per heavy atom. The Morgan fingerprint density at radius 1 is 1.88 bits per heavy atom. The van der Waals surface area contributed by atoms with Crippen LogP contribution in [-0.2, 0) is 4.57 Å². The molecule has 2 nitrogen and oxygen atoms in total. The number of rotatable bonds is 1. The molecule has 50 valence electrons. The van der Waals surface area contributed by atoms with Crippen LogP contribution in [0.3, 0.4) is 0 Å². The molecule has 1 N–H and O–H groups in total. The normalized spacial score (nSPS) is 12.0. The van der Waals surface area contributed by atoms with Crippen molar-refractivity contribution in [2.24, 2.45) is 0 Å². The molecular formula is C4H11ClO2P+. The van der Waals surface area contributed by atoms with E-state index in [2.05, 4.69) is 6.92 Å². The van der Waals surface area contributed by atoms with Crippen LogP contribution in [0.15, 0.2) is 0 Å². The molecule has 0 aliphatic carbocycles. The first-order valence-electron chi connectivity index (χ1n) is 2.34. The highest BCUT2D eigenvalue weighted by atomic mass is 35.5. The predicted octanol–water partition coefficient (Wildman–Crippen LogP) is 1.94. The third-order valence-corrected chi connectivity index (χ3v) is 0.871. The zero-order chi connectivity index (χ0) is 6.99. The van der Waals surface area contributed by atoms with Crippen molar-refractivity contribution in [1.29, 1.82) is 0 Å². The average molecular weight is 158 g/mol. The molecule has 0 fully saturated rings. The van der Waals surface area contributed by atoms with Gasteiger partial charge in [-0.25, -0.2) is 0 Å². The summed E-state index contributed by atoms with van der Waals surface area (Å²) < 4.78 is 8.51. The van der Waals surface area contributed by atoms with E-state index in [9.17, 15) is 0 Å². The van der Waals surface area contributed by atoms with Crippen LogP contribution in [0.2, 0.25) is 0 Å². The Morgan fingerprint density at radius 2 is 2.00 bits per heavy atom. The summed E-state index contributed by atoms with van der Waals surface area (Å²) in [5.41, 5.74) is 0. The lowest BCUT2D eigenvalue weighted by atomic mass is 10.4. The van der Waals surface area contributed by atoms with Gasteiger partial charge in [-0.1, -0.05) is 6.92 Å². The van der Waals surface area contributed by atoms with E-state index in [1.165, 1.54) is 0 Å². The molecule has 0 heterocycles. The van der Waals surface area contributed by atoms with E-state index < -0.39 is 8.69 Å². The maximum Gasteiger partial charge on any atom is 0.491 e. The molecule has 8 heavy (non-hydrogen) atoms. The summed E-state index contributed by atoms with van der Waals surface area (Å²) in [7, 11) is -1.17. The fourth-order valence-electron chi connectivity index (χ4n) is 0. The highest BCUT2D eigenvalue weighted by molar-refractivity contribution is 7.16. The van der Waals surface area contributed by atoms with Crippen LogP contribution in [0, 0.1) is 0 Å². The Balaban J connectivity index is 0. The first-order valence-corrected chi connectivity index (χ1v) is 3.63. The summed E-state index contributed by atoms with van der Waals surface area (Å²) in [6.45, 7) is 4.05. The highest BCUT2D eigenvalue weighted by Gasteiger charge is 1.83. The number of halogens is 1. The van der Waals surface area contributed by atoms with Crippen molar-refractivity contribution in [3.8, 4) is 0 Å². The zero-order valence-corrected chi connectivity index (χ0v) is 6.77. The number of hydrogen-bond acceptors (Lipinski definition) is 1. The smallest absolute Gasteiger partial charge is 0.162 e. The van der Waals surface area contributed by atoms with Gasteiger partial charge in [0.15, 0.2) is 0 Å². The zero-order valence-electron chi connectivity index (χ0n) is 5.02. The number of alkyl halides is 1. The van der Waals surface area contributed by atoms with E-state index in [4.69, 9.17) is 21.1 Å². The molecule has 0 bridgehead atoms. The van der Waals surface area contributed by atoms with Crippen LogP contribution in [-0.4, -0.2) is 10.3 Å². The molecular weight excluding hydrogens is 146 g/mol. The van der Waals surface area contributed by atoms with E-state index in [1.54, 1.807) is 0 Å². The van der Waals surface area contributed by atoms with Gasteiger partial charge in [0.05, 0.1) is 0 Å². The van der Waals surface area contributed by atoms with Crippen LogP contribution in [0.25, 0.3) is 0 Å². The number of hydrogen-bond donors (Lipinski definition) is 1. The van der Waals surface area contributed by atoms with Gasteiger partial charge in [0.25, 0.3) is 0 Å². The Kier molecular flexibility index (Phi) is 14.5. The maximum atomic E-state index is 8.51. The fourth-order valence-corrected chi connectivity index (χ4v) is 0. The first-order chi connectivity index (χ1) is 3.68. The minimum atomic E-state index is -1.17. The second kappa shape index (κ2) is 10.4. The van der Waals surface area contributed by atoms with Crippen molar-refractivity contribution in [3.63, 3.8) is 0 Å². The van der Waals surface area contributed by atoms with Gasteiger partial charge in [-0.2, -0.15) is 4.89 Å². The summed E-state index contributed by atoms with van der Waals surface area (Å²) in [5.74, 6) is 0. The van der Waals surface area contributed by atoms with Crippen LogP contribution >= 0.6 is 20.3 Å². The van der Waals surface area contributed by atoms with Gasteiger partial charge in [0.2, 0.25) is 0 Å². The molecule has 0 radical (unpaired) electrons. The van der Waals surface area contributed by atoms with Crippen LogP contribution in [0.1, 0.15) is 20.3 Å². The first kappa shape index (κ1) is 11.2. The van der Waals surface area contributed by atoms with Crippen molar-refractivity contribution in [3.05, 3.63) is 0 Å². The minimum Gasteiger partial charge on any atom is -0.162 e. The molecule has 0 aromatic carbocycles. The minimum absolute atomic E-state index is 0.356. The fraction of sp³-hybridized carbons (Fsp3) is 1.00. The Bertz CT molecular complexity index is 49.3. The van der Waals surface area contributed by atoms with Gasteiger partial charge in [-0.15, -0.1) is 11.6 Å². The molecule has 0 aromatic heterocycles. The van der Waals surface area contributed by atoms with Gasteiger partial charge < -0.3 is 0 Å². The molecule has 0 aromatic rings. The molecule has 0 saturated carbocycles. The SMILES string of the molecule is CCC(C)Cl.O=[PH+]O. The van der Waals surface area contributed by atoms with Crippen molar-refractivity contribution >= 4 is 20.3 Å². The standard InChI is InChI=1S/C4H9Cl.HO2P/c1-3-4(2)5;1-3-2/h4H,3H2,1-2H3;3H/p+1. The third kappa shape index (κ3) is 32.9. The van der Waals surface area contributed by atoms with Gasteiger partial charge in [0, 0.05) is 5.38 Å². The van der Waals surface area contributed by atoms with Crippen LogP contribution in [0.5, 0.6) is 0 Å². The van der Waals surface area contributed by atoms with Gasteiger partial charge in [-0.05, 0) is 17.9 Å². The summed E-state index contributed by atoms with van der Waals surface area (Å²) in [4.78, 5) is 7.04. The Labute approximate surface area is 56.1 Å². The van der Waals surface area contributed by atoms with E-state index in [0.29, 0.717) is 5.38 Å². The second-order valence-electron chi connectivity index (χ2n) is 1.28. The molecule has 2 unspecified atom stereocenters. The van der Waals surface area contributed by atoms with E-state index >= 15 is 0 Å². The second-order valence-corrected chi connectivity index (χ2v) is 2.21. The molecule has 0 aliphatic rings. The molecule has 2 atom stereocenters. The predicted molar refractivity (Wildman–Crippen MR) is 36.8 cm³/mol. The summed E-state index contributed by atoms with van der Waals surface area (Å²) in [6.07, 6.45) is 1.07. The topological polar surface area (TPSA) is 37.3 Å². The lowest BCUT2D eigenvalue weighted by molar-refractivity contribution is 0.524. The van der Waals surface area contributed by atoms with E-state index in [-0.39, 0.29) is 0 Å². The molecule has 0 saturated heterocycles. The van der Waals surface area contributed by atoms with Crippen LogP contribution < -0.4 is 0 Å². The van der Waals surface area contributed by atoms with Crippen LogP contribution in [0.4, 0.5) is 0 Å². The van der Waals surface area contributed by atoms with Crippen molar-refractivity contribution < 1.29 is 9.46 Å². The van der Waals surface area contributed by atoms with Gasteiger partial charge in [-0.3, -0.25) is 0 Å². The van der Waals surface area contributed by atoms with Crippen molar-refractivity contribution in [2.45, 2.75) is 25.6 Å². The van der Waals surface area contributed by atoms with E-state index in [1.807, 2.05) is 6.92 Å². The third-order valence-electron chi connectivity index (χ3n) is 0.563. The summed E-state index contributed by atoms with van der Waals surface area (Å²) >= 11 is 5.46. The molecule has 0 amide bonds. The summed E-state index contributed by atoms with van der Waals surface area (Å²) in [6, 6.07) is 0. The molecule has 0 aliphatic heterocycles. The molecule has 4 heteroatoms. The maximum absolute atomic E-state index is 8.51. The molecule has 0 rings (SSSR count). The van der Waals surface area contributed by atoms with Gasteiger partial charge >= 0.3 is 8.69 Å². The summed E-state index contributed by atoms with van der Waals surface area (Å²) in [5, 5.41) is 0.356. The van der Waals surface area contributed by atoms with E-state index in [0.717, 1.165) is 6.42 Å². The monoisotopic (exact) mass is 157 g/mol. The highest BCUT2D eigenvalue weighted by Crippen LogP contribution is 1.95. The quantitative estimate of drug-likeness (QED) is 0.467. The average Bonchev–Trinajstić information content (AvgIpc) is 1.69. The molecule has 0 spiro atoms. The largest absolute Gasteiger partial charge is 0.491 e.